The number of carbonyl (C=O) groups is 1. The lowest BCUT2D eigenvalue weighted by molar-refractivity contribution is 0.0105. The van der Waals surface area contributed by atoms with E-state index < -0.39 is 11.7 Å². The highest BCUT2D eigenvalue weighted by Gasteiger charge is 2.21. The maximum Gasteiger partial charge on any atom is 0.410 e. The summed E-state index contributed by atoms with van der Waals surface area (Å²) in [5, 5.41) is 3.36. The number of azide groups is 1. The van der Waals surface area contributed by atoms with Gasteiger partial charge in [-0.2, -0.15) is 0 Å². The van der Waals surface area contributed by atoms with Crippen molar-refractivity contribution >= 4 is 6.09 Å². The quantitative estimate of drug-likeness (QED) is 0.192. The zero-order chi connectivity index (χ0) is 17.6. The van der Waals surface area contributed by atoms with E-state index in [2.05, 4.69) is 15.9 Å². The molecule has 0 aliphatic rings. The second kappa shape index (κ2) is 12.6. The lowest BCUT2D eigenvalue weighted by Gasteiger charge is -2.27. The second-order valence-corrected chi connectivity index (χ2v) is 5.60. The van der Waals surface area contributed by atoms with Crippen molar-refractivity contribution in [1.82, 2.24) is 4.90 Å². The minimum absolute atomic E-state index is 0.262. The van der Waals surface area contributed by atoms with Crippen LogP contribution in [0.5, 0.6) is 0 Å². The molecule has 0 atom stereocenters. The molecule has 0 heterocycles. The standard InChI is InChI=1S/C15H26N4O4/c1-5-6-10-21-12-8-19(14(20)23-15(2,3)4)9-13-22-11-7-17-18-16/h1H,6-13H2,2-4H3. The topological polar surface area (TPSA) is 96.8 Å². The fourth-order valence-corrected chi connectivity index (χ4v) is 1.46. The van der Waals surface area contributed by atoms with Gasteiger partial charge in [-0.25, -0.2) is 4.79 Å². The van der Waals surface area contributed by atoms with E-state index in [4.69, 9.17) is 26.2 Å². The zero-order valence-corrected chi connectivity index (χ0v) is 14.2. The zero-order valence-electron chi connectivity index (χ0n) is 14.2. The summed E-state index contributed by atoms with van der Waals surface area (Å²) in [6.45, 7) is 7.91. The number of hydrogen-bond acceptors (Lipinski definition) is 5. The number of rotatable bonds is 11. The highest BCUT2D eigenvalue weighted by Crippen LogP contribution is 2.09. The van der Waals surface area contributed by atoms with Crippen LogP contribution in [0.1, 0.15) is 27.2 Å². The van der Waals surface area contributed by atoms with Crippen molar-refractivity contribution in [1.29, 1.82) is 0 Å². The van der Waals surface area contributed by atoms with Crippen LogP contribution in [0, 0.1) is 12.3 Å². The number of amides is 1. The third-order valence-corrected chi connectivity index (χ3v) is 2.45. The summed E-state index contributed by atoms with van der Waals surface area (Å²) in [5.74, 6) is 2.48. The number of terminal acetylenes is 1. The molecule has 0 bridgehead atoms. The van der Waals surface area contributed by atoms with Gasteiger partial charge in [-0.1, -0.05) is 5.11 Å². The smallest absolute Gasteiger partial charge is 0.410 e. The van der Waals surface area contributed by atoms with Gasteiger partial charge in [-0.05, 0) is 26.3 Å². The Kier molecular flexibility index (Phi) is 11.5. The molecular formula is C15H26N4O4. The minimum Gasteiger partial charge on any atom is -0.444 e. The molecule has 0 saturated carbocycles. The van der Waals surface area contributed by atoms with Crippen LogP contribution in [0.15, 0.2) is 5.11 Å². The van der Waals surface area contributed by atoms with Gasteiger partial charge in [-0.3, -0.25) is 0 Å². The molecule has 0 rings (SSSR count). The van der Waals surface area contributed by atoms with Gasteiger partial charge in [0.25, 0.3) is 0 Å². The van der Waals surface area contributed by atoms with Gasteiger partial charge in [0.15, 0.2) is 0 Å². The molecule has 0 radical (unpaired) electrons. The van der Waals surface area contributed by atoms with E-state index in [9.17, 15) is 4.79 Å². The van der Waals surface area contributed by atoms with Crippen molar-refractivity contribution in [2.45, 2.75) is 32.8 Å². The summed E-state index contributed by atoms with van der Waals surface area (Å²) in [4.78, 5) is 16.3. The number of nitrogens with zero attached hydrogens (tertiary/aromatic N) is 4. The van der Waals surface area contributed by atoms with Gasteiger partial charge < -0.3 is 19.1 Å². The Balaban J connectivity index is 4.23. The molecule has 1 amide bonds. The molecule has 0 unspecified atom stereocenters. The monoisotopic (exact) mass is 326 g/mol. The Morgan fingerprint density at radius 2 is 1.83 bits per heavy atom. The van der Waals surface area contributed by atoms with Crippen molar-refractivity contribution in [3.8, 4) is 12.3 Å². The van der Waals surface area contributed by atoms with Gasteiger partial charge >= 0.3 is 6.09 Å². The summed E-state index contributed by atoms with van der Waals surface area (Å²) in [6, 6.07) is 0. The van der Waals surface area contributed by atoms with E-state index in [1.165, 1.54) is 4.90 Å². The summed E-state index contributed by atoms with van der Waals surface area (Å²) >= 11 is 0. The maximum absolute atomic E-state index is 12.1. The Bertz CT molecular complexity index is 422. The lowest BCUT2D eigenvalue weighted by atomic mass is 10.2. The summed E-state index contributed by atoms with van der Waals surface area (Å²) < 4.78 is 16.0. The van der Waals surface area contributed by atoms with Gasteiger partial charge in [-0.15, -0.1) is 12.3 Å². The summed E-state index contributed by atoms with van der Waals surface area (Å²) in [6.07, 6.45) is 5.26. The normalized spacial score (nSPS) is 10.5. The highest BCUT2D eigenvalue weighted by atomic mass is 16.6. The third-order valence-electron chi connectivity index (χ3n) is 2.45. The molecule has 0 aromatic heterocycles. The second-order valence-electron chi connectivity index (χ2n) is 5.60. The molecule has 0 aliphatic carbocycles. The highest BCUT2D eigenvalue weighted by molar-refractivity contribution is 5.68. The van der Waals surface area contributed by atoms with Crippen LogP contribution in [-0.2, 0) is 14.2 Å². The number of ether oxygens (including phenoxy) is 3. The van der Waals surface area contributed by atoms with Crippen LogP contribution in [-0.4, -0.2) is 62.7 Å². The Hall–Kier alpha value is -1.94. The first kappa shape index (κ1) is 21.1. The minimum atomic E-state index is -0.567. The average Bonchev–Trinajstić information content (AvgIpc) is 2.46. The fourth-order valence-electron chi connectivity index (χ4n) is 1.46. The first-order valence-corrected chi connectivity index (χ1v) is 7.48. The lowest BCUT2D eigenvalue weighted by Crippen LogP contribution is -2.40. The summed E-state index contributed by atoms with van der Waals surface area (Å²) in [5.41, 5.74) is 7.59. The Morgan fingerprint density at radius 3 is 2.35 bits per heavy atom. The van der Waals surface area contributed by atoms with Gasteiger partial charge in [0.05, 0.1) is 26.4 Å². The molecule has 0 spiro atoms. The van der Waals surface area contributed by atoms with Crippen LogP contribution in [0.4, 0.5) is 4.79 Å². The van der Waals surface area contributed by atoms with Crippen molar-refractivity contribution < 1.29 is 19.0 Å². The van der Waals surface area contributed by atoms with Crippen LogP contribution >= 0.6 is 0 Å². The Morgan fingerprint density at radius 1 is 1.22 bits per heavy atom. The van der Waals surface area contributed by atoms with E-state index in [-0.39, 0.29) is 6.54 Å². The maximum atomic E-state index is 12.1. The van der Waals surface area contributed by atoms with Crippen molar-refractivity contribution in [3.63, 3.8) is 0 Å². The predicted octanol–water partition coefficient (Wildman–Crippen LogP) is 2.59. The molecule has 0 aliphatic heterocycles. The van der Waals surface area contributed by atoms with Crippen LogP contribution < -0.4 is 0 Å². The van der Waals surface area contributed by atoms with Gasteiger partial charge in [0.2, 0.25) is 0 Å². The first-order chi connectivity index (χ1) is 10.9. The molecule has 8 nitrogen and oxygen atoms in total. The molecule has 0 saturated heterocycles. The Labute approximate surface area is 137 Å². The molecule has 130 valence electrons. The molecule has 0 aromatic rings. The van der Waals surface area contributed by atoms with Gasteiger partial charge in [0, 0.05) is 31.0 Å². The fraction of sp³-hybridized carbons (Fsp3) is 0.800. The van der Waals surface area contributed by atoms with E-state index in [0.29, 0.717) is 45.9 Å². The van der Waals surface area contributed by atoms with Gasteiger partial charge in [0.1, 0.15) is 5.60 Å². The first-order valence-electron chi connectivity index (χ1n) is 7.48. The van der Waals surface area contributed by atoms with E-state index in [0.717, 1.165) is 0 Å². The number of hydrogen-bond donors (Lipinski definition) is 0. The van der Waals surface area contributed by atoms with Crippen LogP contribution in [0.25, 0.3) is 10.4 Å². The molecular weight excluding hydrogens is 300 g/mol. The molecule has 0 fully saturated rings. The molecule has 8 heteroatoms. The van der Waals surface area contributed by atoms with Crippen molar-refractivity contribution in [2.75, 3.05) is 46.1 Å². The van der Waals surface area contributed by atoms with Crippen molar-refractivity contribution in [2.24, 2.45) is 5.11 Å². The molecule has 23 heavy (non-hydrogen) atoms. The largest absolute Gasteiger partial charge is 0.444 e. The third kappa shape index (κ3) is 13.4. The molecule has 0 N–H and O–H groups in total. The summed E-state index contributed by atoms with van der Waals surface area (Å²) in [7, 11) is 0. The van der Waals surface area contributed by atoms with E-state index in [1.54, 1.807) is 0 Å². The SMILES string of the molecule is C#CCCOCCN(CCOCCN=[N+]=[N-])C(=O)OC(C)(C)C. The van der Waals surface area contributed by atoms with Crippen LogP contribution in [0.3, 0.4) is 0 Å². The van der Waals surface area contributed by atoms with E-state index >= 15 is 0 Å². The van der Waals surface area contributed by atoms with Crippen LogP contribution in [0.2, 0.25) is 0 Å². The molecule has 0 aromatic carbocycles. The predicted molar refractivity (Wildman–Crippen MR) is 86.9 cm³/mol. The average molecular weight is 326 g/mol. The van der Waals surface area contributed by atoms with E-state index in [1.807, 2.05) is 20.8 Å². The number of carbonyl (C=O) groups excluding carboxylic acids is 1. The van der Waals surface area contributed by atoms with Crippen molar-refractivity contribution in [3.05, 3.63) is 10.4 Å².